The van der Waals surface area contributed by atoms with Crippen LogP contribution in [0.3, 0.4) is 0 Å². The fourth-order valence-corrected chi connectivity index (χ4v) is 2.79. The molecule has 0 aliphatic rings. The van der Waals surface area contributed by atoms with Crippen LogP contribution in [-0.2, 0) is 6.42 Å². The number of amides is 1. The van der Waals surface area contributed by atoms with Gasteiger partial charge in [0.25, 0.3) is 5.91 Å². The number of rotatable bonds is 4. The molecule has 3 aromatic carbocycles. The molecule has 0 fully saturated rings. The Hall–Kier alpha value is -2.87. The first-order valence-corrected chi connectivity index (χ1v) is 8.14. The molecule has 3 aromatic rings. The summed E-state index contributed by atoms with van der Waals surface area (Å²) in [7, 11) is 0. The number of carbonyl (C=O) groups excluding carboxylic acids is 1. The standard InChI is InChI=1S/C22H21NO/c1-16-9-8-14-21(17(16)2)23-22(24)20-13-7-6-12-19(20)15-18-10-4-3-5-11-18/h3-14H,15H2,1-2H3,(H,23,24). The van der Waals surface area contributed by atoms with Gasteiger partial charge in [0.05, 0.1) is 0 Å². The largest absolute Gasteiger partial charge is 0.322 e. The zero-order valence-electron chi connectivity index (χ0n) is 14.0. The van der Waals surface area contributed by atoms with Crippen molar-refractivity contribution < 1.29 is 4.79 Å². The first-order valence-electron chi connectivity index (χ1n) is 8.14. The number of nitrogens with one attached hydrogen (secondary N) is 1. The zero-order chi connectivity index (χ0) is 16.9. The predicted octanol–water partition coefficient (Wildman–Crippen LogP) is 5.15. The topological polar surface area (TPSA) is 29.1 Å². The number of benzene rings is 3. The average Bonchev–Trinajstić information content (AvgIpc) is 2.60. The fraction of sp³-hybridized carbons (Fsp3) is 0.136. The maximum atomic E-state index is 12.8. The van der Waals surface area contributed by atoms with Crippen LogP contribution in [0.25, 0.3) is 0 Å². The van der Waals surface area contributed by atoms with E-state index in [1.54, 1.807) is 0 Å². The lowest BCUT2D eigenvalue weighted by Gasteiger charge is -2.13. The maximum Gasteiger partial charge on any atom is 0.255 e. The van der Waals surface area contributed by atoms with E-state index in [2.05, 4.69) is 17.4 Å². The van der Waals surface area contributed by atoms with Crippen LogP contribution in [0, 0.1) is 13.8 Å². The fourth-order valence-electron chi connectivity index (χ4n) is 2.79. The van der Waals surface area contributed by atoms with Crippen molar-refractivity contribution in [3.8, 4) is 0 Å². The third kappa shape index (κ3) is 3.54. The van der Waals surface area contributed by atoms with Gasteiger partial charge in [-0.05, 0) is 54.7 Å². The zero-order valence-corrected chi connectivity index (χ0v) is 14.0. The van der Waals surface area contributed by atoms with Crippen molar-refractivity contribution in [2.45, 2.75) is 20.3 Å². The monoisotopic (exact) mass is 315 g/mol. The summed E-state index contributed by atoms with van der Waals surface area (Å²) in [4.78, 5) is 12.8. The predicted molar refractivity (Wildman–Crippen MR) is 99.6 cm³/mol. The minimum Gasteiger partial charge on any atom is -0.322 e. The molecular formula is C22H21NO. The lowest BCUT2D eigenvalue weighted by Crippen LogP contribution is -2.15. The molecule has 0 unspecified atom stereocenters. The van der Waals surface area contributed by atoms with Crippen LogP contribution in [0.4, 0.5) is 5.69 Å². The van der Waals surface area contributed by atoms with E-state index in [0.717, 1.165) is 28.8 Å². The molecule has 1 N–H and O–H groups in total. The van der Waals surface area contributed by atoms with Crippen molar-refractivity contribution in [2.24, 2.45) is 0 Å². The van der Waals surface area contributed by atoms with E-state index in [-0.39, 0.29) is 5.91 Å². The molecule has 0 spiro atoms. The third-order valence-electron chi connectivity index (χ3n) is 4.35. The van der Waals surface area contributed by atoms with Crippen LogP contribution in [0.5, 0.6) is 0 Å². The van der Waals surface area contributed by atoms with Gasteiger partial charge in [-0.25, -0.2) is 0 Å². The van der Waals surface area contributed by atoms with Gasteiger partial charge in [-0.15, -0.1) is 0 Å². The Morgan fingerprint density at radius 2 is 1.54 bits per heavy atom. The molecule has 0 radical (unpaired) electrons. The van der Waals surface area contributed by atoms with Crippen molar-refractivity contribution in [3.05, 3.63) is 101 Å². The molecular weight excluding hydrogens is 294 g/mol. The lowest BCUT2D eigenvalue weighted by molar-refractivity contribution is 0.102. The minimum absolute atomic E-state index is 0.0600. The van der Waals surface area contributed by atoms with Crippen LogP contribution in [0.1, 0.15) is 32.6 Å². The smallest absolute Gasteiger partial charge is 0.255 e. The second-order valence-corrected chi connectivity index (χ2v) is 6.02. The molecule has 120 valence electrons. The molecule has 0 aliphatic heterocycles. The van der Waals surface area contributed by atoms with Gasteiger partial charge in [0, 0.05) is 11.3 Å². The number of anilines is 1. The molecule has 0 saturated heterocycles. The first kappa shape index (κ1) is 16.0. The van der Waals surface area contributed by atoms with E-state index in [4.69, 9.17) is 0 Å². The van der Waals surface area contributed by atoms with Gasteiger partial charge < -0.3 is 5.32 Å². The summed E-state index contributed by atoms with van der Waals surface area (Å²) in [6, 6.07) is 24.0. The van der Waals surface area contributed by atoms with Gasteiger partial charge in [-0.3, -0.25) is 4.79 Å². The summed E-state index contributed by atoms with van der Waals surface area (Å²) >= 11 is 0. The van der Waals surface area contributed by atoms with Crippen molar-refractivity contribution in [2.75, 3.05) is 5.32 Å². The van der Waals surface area contributed by atoms with E-state index < -0.39 is 0 Å². The van der Waals surface area contributed by atoms with Crippen LogP contribution < -0.4 is 5.32 Å². The summed E-state index contributed by atoms with van der Waals surface area (Å²) in [5.41, 5.74) is 6.10. The van der Waals surface area contributed by atoms with E-state index in [9.17, 15) is 4.79 Å². The van der Waals surface area contributed by atoms with Crippen molar-refractivity contribution >= 4 is 11.6 Å². The van der Waals surface area contributed by atoms with Gasteiger partial charge in [0.1, 0.15) is 0 Å². The third-order valence-corrected chi connectivity index (χ3v) is 4.35. The van der Waals surface area contributed by atoms with Crippen LogP contribution in [-0.4, -0.2) is 5.91 Å². The van der Waals surface area contributed by atoms with Gasteiger partial charge in [-0.2, -0.15) is 0 Å². The molecule has 2 nitrogen and oxygen atoms in total. The summed E-state index contributed by atoms with van der Waals surface area (Å²) in [6.45, 7) is 4.08. The molecule has 0 atom stereocenters. The first-order chi connectivity index (χ1) is 11.6. The van der Waals surface area contributed by atoms with E-state index >= 15 is 0 Å². The highest BCUT2D eigenvalue weighted by molar-refractivity contribution is 6.05. The van der Waals surface area contributed by atoms with Crippen molar-refractivity contribution in [1.29, 1.82) is 0 Å². The van der Waals surface area contributed by atoms with Crippen molar-refractivity contribution in [3.63, 3.8) is 0 Å². The van der Waals surface area contributed by atoms with E-state index in [1.807, 2.05) is 74.5 Å². The number of hydrogen-bond acceptors (Lipinski definition) is 1. The second kappa shape index (κ2) is 7.14. The lowest BCUT2D eigenvalue weighted by atomic mass is 9.99. The Morgan fingerprint density at radius 1 is 0.833 bits per heavy atom. The Labute approximate surface area is 143 Å². The average molecular weight is 315 g/mol. The molecule has 0 bridgehead atoms. The molecule has 0 aromatic heterocycles. The molecule has 0 saturated carbocycles. The van der Waals surface area contributed by atoms with E-state index in [0.29, 0.717) is 0 Å². The van der Waals surface area contributed by atoms with Gasteiger partial charge in [0.2, 0.25) is 0 Å². The van der Waals surface area contributed by atoms with Crippen LogP contribution in [0.15, 0.2) is 72.8 Å². The molecule has 0 aliphatic carbocycles. The maximum absolute atomic E-state index is 12.8. The summed E-state index contributed by atoms with van der Waals surface area (Å²) in [5.74, 6) is -0.0600. The highest BCUT2D eigenvalue weighted by Crippen LogP contribution is 2.21. The van der Waals surface area contributed by atoms with Crippen LogP contribution >= 0.6 is 0 Å². The summed E-state index contributed by atoms with van der Waals surface area (Å²) in [5, 5.41) is 3.05. The Balaban J connectivity index is 1.86. The quantitative estimate of drug-likeness (QED) is 0.709. The molecule has 24 heavy (non-hydrogen) atoms. The van der Waals surface area contributed by atoms with Gasteiger partial charge in [-0.1, -0.05) is 60.7 Å². The Morgan fingerprint density at radius 3 is 2.33 bits per heavy atom. The number of aryl methyl sites for hydroxylation is 1. The molecule has 1 amide bonds. The second-order valence-electron chi connectivity index (χ2n) is 6.02. The summed E-state index contributed by atoms with van der Waals surface area (Å²) in [6.07, 6.45) is 0.747. The van der Waals surface area contributed by atoms with Crippen molar-refractivity contribution in [1.82, 2.24) is 0 Å². The Bertz CT molecular complexity index is 853. The number of hydrogen-bond donors (Lipinski definition) is 1. The molecule has 0 heterocycles. The number of carbonyl (C=O) groups is 1. The summed E-state index contributed by atoms with van der Waals surface area (Å²) < 4.78 is 0. The highest BCUT2D eigenvalue weighted by Gasteiger charge is 2.13. The minimum atomic E-state index is -0.0600. The SMILES string of the molecule is Cc1cccc(NC(=O)c2ccccc2Cc2ccccc2)c1C. The molecule has 2 heteroatoms. The molecule has 3 rings (SSSR count). The van der Waals surface area contributed by atoms with E-state index in [1.165, 1.54) is 11.1 Å². The van der Waals surface area contributed by atoms with Crippen LogP contribution in [0.2, 0.25) is 0 Å². The van der Waals surface area contributed by atoms with Gasteiger partial charge in [0.15, 0.2) is 0 Å². The highest BCUT2D eigenvalue weighted by atomic mass is 16.1. The normalized spacial score (nSPS) is 10.4. The Kier molecular flexibility index (Phi) is 4.76. The van der Waals surface area contributed by atoms with Gasteiger partial charge >= 0.3 is 0 Å².